The lowest BCUT2D eigenvalue weighted by Crippen LogP contribution is -2.15. The summed E-state index contributed by atoms with van der Waals surface area (Å²) in [5.41, 5.74) is 0.693. The van der Waals surface area contributed by atoms with E-state index in [1.807, 2.05) is 6.07 Å². The van der Waals surface area contributed by atoms with Gasteiger partial charge in [0, 0.05) is 5.69 Å². The summed E-state index contributed by atoms with van der Waals surface area (Å²) in [5.74, 6) is -1.27. The van der Waals surface area contributed by atoms with Crippen LogP contribution in [0.2, 0.25) is 0 Å². The first-order valence-electron chi connectivity index (χ1n) is 4.87. The number of hydrogen-bond donors (Lipinski definition) is 1. The summed E-state index contributed by atoms with van der Waals surface area (Å²) >= 11 is 0. The highest BCUT2D eigenvalue weighted by molar-refractivity contribution is 5.98. The lowest BCUT2D eigenvalue weighted by atomic mass is 10.3. The summed E-state index contributed by atoms with van der Waals surface area (Å²) in [6.07, 6.45) is 1.04. The van der Waals surface area contributed by atoms with Crippen LogP contribution in [-0.4, -0.2) is 26.2 Å². The molecular weight excluding hydrogens is 222 g/mol. The van der Waals surface area contributed by atoms with Crippen LogP contribution in [0.3, 0.4) is 0 Å². The van der Waals surface area contributed by atoms with Gasteiger partial charge in [0.05, 0.1) is 20.3 Å². The van der Waals surface area contributed by atoms with Gasteiger partial charge in [0.2, 0.25) is 0 Å². The van der Waals surface area contributed by atoms with Gasteiger partial charge >= 0.3 is 11.9 Å². The molecule has 0 spiro atoms. The predicted octanol–water partition coefficient (Wildman–Crippen LogP) is 1.33. The van der Waals surface area contributed by atoms with Crippen LogP contribution in [0.15, 0.2) is 42.1 Å². The van der Waals surface area contributed by atoms with Gasteiger partial charge in [-0.05, 0) is 12.1 Å². The van der Waals surface area contributed by atoms with Gasteiger partial charge in [-0.1, -0.05) is 18.2 Å². The third-order valence-electron chi connectivity index (χ3n) is 1.92. The van der Waals surface area contributed by atoms with Gasteiger partial charge in [-0.25, -0.2) is 9.59 Å². The number of nitrogens with one attached hydrogen (secondary N) is 1. The third kappa shape index (κ3) is 3.98. The molecule has 0 aliphatic rings. The highest BCUT2D eigenvalue weighted by Gasteiger charge is 2.12. The Hall–Kier alpha value is -2.30. The Morgan fingerprint density at radius 1 is 1.12 bits per heavy atom. The molecule has 0 aromatic heterocycles. The second-order valence-electron chi connectivity index (χ2n) is 3.06. The number of rotatable bonds is 4. The smallest absolute Gasteiger partial charge is 0.354 e. The van der Waals surface area contributed by atoms with E-state index >= 15 is 0 Å². The highest BCUT2D eigenvalue weighted by Crippen LogP contribution is 2.10. The molecule has 0 aliphatic carbocycles. The second-order valence-corrected chi connectivity index (χ2v) is 3.06. The quantitative estimate of drug-likeness (QED) is 0.630. The number of anilines is 1. The first-order valence-corrected chi connectivity index (χ1v) is 4.87. The first-order chi connectivity index (χ1) is 8.17. The maximum Gasteiger partial charge on any atom is 0.354 e. The SMILES string of the molecule is COC(=O)/C=C(/Nc1ccccc1)C(=O)OC. The van der Waals surface area contributed by atoms with Gasteiger partial charge in [0.25, 0.3) is 0 Å². The molecule has 1 N–H and O–H groups in total. The van der Waals surface area contributed by atoms with E-state index in [0.717, 1.165) is 6.08 Å². The lowest BCUT2D eigenvalue weighted by molar-refractivity contribution is -0.138. The van der Waals surface area contributed by atoms with E-state index in [1.165, 1.54) is 14.2 Å². The topological polar surface area (TPSA) is 64.6 Å². The van der Waals surface area contributed by atoms with Gasteiger partial charge in [-0.15, -0.1) is 0 Å². The largest absolute Gasteiger partial charge is 0.466 e. The summed E-state index contributed by atoms with van der Waals surface area (Å²) in [5, 5.41) is 2.78. The van der Waals surface area contributed by atoms with E-state index in [0.29, 0.717) is 5.69 Å². The fourth-order valence-corrected chi connectivity index (χ4v) is 1.11. The molecule has 0 unspecified atom stereocenters. The number of carbonyl (C=O) groups excluding carboxylic acids is 2. The van der Waals surface area contributed by atoms with Crippen molar-refractivity contribution in [2.24, 2.45) is 0 Å². The molecule has 0 amide bonds. The molecule has 0 heterocycles. The lowest BCUT2D eigenvalue weighted by Gasteiger charge is -2.08. The van der Waals surface area contributed by atoms with E-state index in [-0.39, 0.29) is 5.70 Å². The molecule has 90 valence electrons. The fraction of sp³-hybridized carbons (Fsp3) is 0.167. The molecule has 17 heavy (non-hydrogen) atoms. The summed E-state index contributed by atoms with van der Waals surface area (Å²) in [6, 6.07) is 8.96. The van der Waals surface area contributed by atoms with Gasteiger partial charge in [-0.2, -0.15) is 0 Å². The van der Waals surface area contributed by atoms with E-state index in [1.54, 1.807) is 24.3 Å². The molecule has 0 saturated heterocycles. The number of para-hydroxylation sites is 1. The van der Waals surface area contributed by atoms with Crippen molar-refractivity contribution in [2.45, 2.75) is 0 Å². The molecule has 1 aromatic rings. The number of ether oxygens (including phenoxy) is 2. The molecule has 0 bridgehead atoms. The average molecular weight is 235 g/mol. The van der Waals surface area contributed by atoms with Crippen LogP contribution in [0.5, 0.6) is 0 Å². The van der Waals surface area contributed by atoms with Crippen molar-refractivity contribution in [1.29, 1.82) is 0 Å². The van der Waals surface area contributed by atoms with Crippen molar-refractivity contribution in [3.8, 4) is 0 Å². The van der Waals surface area contributed by atoms with Crippen molar-refractivity contribution < 1.29 is 19.1 Å². The van der Waals surface area contributed by atoms with Gasteiger partial charge in [0.15, 0.2) is 0 Å². The fourth-order valence-electron chi connectivity index (χ4n) is 1.11. The van der Waals surface area contributed by atoms with Crippen molar-refractivity contribution in [3.63, 3.8) is 0 Å². The standard InChI is InChI=1S/C12H13NO4/c1-16-11(14)8-10(12(15)17-2)13-9-6-4-3-5-7-9/h3-8,13H,1-2H3/b10-8+. The van der Waals surface area contributed by atoms with E-state index in [9.17, 15) is 9.59 Å². The Morgan fingerprint density at radius 2 is 1.76 bits per heavy atom. The van der Waals surface area contributed by atoms with Crippen molar-refractivity contribution in [3.05, 3.63) is 42.1 Å². The van der Waals surface area contributed by atoms with Crippen molar-refractivity contribution in [2.75, 3.05) is 19.5 Å². The minimum Gasteiger partial charge on any atom is -0.466 e. The number of methoxy groups -OCH3 is 2. The summed E-state index contributed by atoms with van der Waals surface area (Å²) in [6.45, 7) is 0. The Labute approximate surface area is 99.0 Å². The van der Waals surface area contributed by atoms with Gasteiger partial charge < -0.3 is 14.8 Å². The van der Waals surface area contributed by atoms with Crippen LogP contribution in [0.25, 0.3) is 0 Å². The van der Waals surface area contributed by atoms with Crippen molar-refractivity contribution >= 4 is 17.6 Å². The molecular formula is C12H13NO4. The molecule has 0 aliphatic heterocycles. The second kappa shape index (κ2) is 6.32. The summed E-state index contributed by atoms with van der Waals surface area (Å²) < 4.78 is 9.00. The Bertz CT molecular complexity index is 425. The normalized spacial score (nSPS) is 10.6. The molecule has 5 heteroatoms. The van der Waals surface area contributed by atoms with Crippen LogP contribution >= 0.6 is 0 Å². The molecule has 5 nitrogen and oxygen atoms in total. The molecule has 0 atom stereocenters. The van der Waals surface area contributed by atoms with E-state index < -0.39 is 11.9 Å². The molecule has 1 rings (SSSR count). The van der Waals surface area contributed by atoms with Crippen molar-refractivity contribution in [1.82, 2.24) is 0 Å². The monoisotopic (exact) mass is 235 g/mol. The summed E-state index contributed by atoms with van der Waals surface area (Å²) in [7, 11) is 2.47. The van der Waals surface area contributed by atoms with Crippen LogP contribution < -0.4 is 5.32 Å². The van der Waals surface area contributed by atoms with Gasteiger partial charge in [0.1, 0.15) is 5.70 Å². The van der Waals surface area contributed by atoms with Crippen LogP contribution in [0.4, 0.5) is 5.69 Å². The molecule has 1 aromatic carbocycles. The highest BCUT2D eigenvalue weighted by atomic mass is 16.5. The Morgan fingerprint density at radius 3 is 2.29 bits per heavy atom. The number of carbonyl (C=O) groups is 2. The average Bonchev–Trinajstić information content (AvgIpc) is 2.38. The maximum atomic E-state index is 11.4. The maximum absolute atomic E-state index is 11.4. The number of hydrogen-bond acceptors (Lipinski definition) is 5. The molecule has 0 saturated carbocycles. The minimum atomic E-state index is -0.640. The van der Waals surface area contributed by atoms with Crippen LogP contribution in [0.1, 0.15) is 0 Å². The first kappa shape index (κ1) is 12.8. The summed E-state index contributed by atoms with van der Waals surface area (Å²) in [4.78, 5) is 22.5. The van der Waals surface area contributed by atoms with E-state index in [2.05, 4.69) is 14.8 Å². The Kier molecular flexibility index (Phi) is 4.75. The zero-order valence-electron chi connectivity index (χ0n) is 9.60. The molecule has 0 radical (unpaired) electrons. The predicted molar refractivity (Wildman–Crippen MR) is 62.2 cm³/mol. The van der Waals surface area contributed by atoms with Crippen LogP contribution in [0, 0.1) is 0 Å². The zero-order chi connectivity index (χ0) is 12.7. The number of esters is 2. The number of benzene rings is 1. The van der Waals surface area contributed by atoms with Crippen LogP contribution in [-0.2, 0) is 19.1 Å². The Balaban J connectivity index is 2.89. The van der Waals surface area contributed by atoms with E-state index in [4.69, 9.17) is 0 Å². The van der Waals surface area contributed by atoms with Gasteiger partial charge in [-0.3, -0.25) is 0 Å². The minimum absolute atomic E-state index is 0.0190. The molecule has 0 fully saturated rings. The zero-order valence-corrected chi connectivity index (χ0v) is 9.60. The third-order valence-corrected chi connectivity index (χ3v) is 1.92.